The molecule has 0 atom stereocenters. The monoisotopic (exact) mass is 383 g/mol. The van der Waals surface area contributed by atoms with E-state index in [0.717, 1.165) is 0 Å². The molecule has 0 saturated heterocycles. The lowest BCUT2D eigenvalue weighted by Crippen LogP contribution is -1.93. The van der Waals surface area contributed by atoms with Crippen LogP contribution < -0.4 is 4.74 Å². The van der Waals surface area contributed by atoms with Crippen LogP contribution in [-0.4, -0.2) is 17.8 Å². The Morgan fingerprint density at radius 2 is 1.89 bits per heavy atom. The predicted octanol–water partition coefficient (Wildman–Crippen LogP) is 5.41. The van der Waals surface area contributed by atoms with Gasteiger partial charge in [0.25, 0.3) is 5.69 Å². The number of ketones is 1. The first-order valence-electron chi connectivity index (χ1n) is 7.88. The summed E-state index contributed by atoms with van der Waals surface area (Å²) in [5.74, 6) is 1.37. The second-order valence-electron chi connectivity index (χ2n) is 5.55. The molecule has 1 heterocycles. The highest BCUT2D eigenvalue weighted by Gasteiger charge is 2.15. The Hall–Kier alpha value is -3.38. The molecule has 0 fully saturated rings. The van der Waals surface area contributed by atoms with Crippen LogP contribution in [0.5, 0.6) is 5.75 Å². The number of methoxy groups -OCH3 is 1. The summed E-state index contributed by atoms with van der Waals surface area (Å²) in [6, 6.07) is 14.5. The van der Waals surface area contributed by atoms with Crippen LogP contribution in [0.1, 0.15) is 16.1 Å². The van der Waals surface area contributed by atoms with Crippen molar-refractivity contribution in [3.63, 3.8) is 0 Å². The molecule has 0 aliphatic heterocycles. The molecule has 3 rings (SSSR count). The van der Waals surface area contributed by atoms with E-state index in [9.17, 15) is 14.9 Å². The Labute approximate surface area is 159 Å². The first-order valence-corrected chi connectivity index (χ1v) is 8.26. The molecule has 1 aromatic heterocycles. The first kappa shape index (κ1) is 18.4. The van der Waals surface area contributed by atoms with Crippen LogP contribution in [0, 0.1) is 10.1 Å². The Kier molecular flexibility index (Phi) is 5.38. The van der Waals surface area contributed by atoms with Crippen molar-refractivity contribution in [2.45, 2.75) is 0 Å². The minimum Gasteiger partial charge on any atom is -0.497 e. The van der Waals surface area contributed by atoms with Crippen LogP contribution in [0.4, 0.5) is 5.69 Å². The van der Waals surface area contributed by atoms with Crippen LogP contribution in [0.15, 0.2) is 65.1 Å². The molecular weight excluding hydrogens is 370 g/mol. The second kappa shape index (κ2) is 7.88. The first-order chi connectivity index (χ1) is 13.0. The summed E-state index contributed by atoms with van der Waals surface area (Å²) in [6.07, 6.45) is 2.94. The number of hydrogen-bond acceptors (Lipinski definition) is 5. The lowest BCUT2D eigenvalue weighted by molar-refractivity contribution is -0.384. The number of carbonyl (C=O) groups excluding carboxylic acids is 1. The normalized spacial score (nSPS) is 10.9. The maximum absolute atomic E-state index is 12.2. The van der Waals surface area contributed by atoms with Gasteiger partial charge in [-0.15, -0.1) is 0 Å². The van der Waals surface area contributed by atoms with Gasteiger partial charge in [0.2, 0.25) is 0 Å². The Bertz CT molecular complexity index is 1020. The number of halogens is 1. The average molecular weight is 384 g/mol. The van der Waals surface area contributed by atoms with E-state index >= 15 is 0 Å². The molecule has 0 N–H and O–H groups in total. The Balaban J connectivity index is 1.77. The minimum atomic E-state index is -0.552. The zero-order chi connectivity index (χ0) is 19.4. The third-order valence-corrected chi connectivity index (χ3v) is 4.15. The van der Waals surface area contributed by atoms with E-state index in [4.69, 9.17) is 20.8 Å². The second-order valence-corrected chi connectivity index (χ2v) is 5.96. The smallest absolute Gasteiger partial charge is 0.288 e. The van der Waals surface area contributed by atoms with E-state index in [1.807, 2.05) is 0 Å². The molecule has 0 aliphatic carbocycles. The summed E-state index contributed by atoms with van der Waals surface area (Å²) in [6.45, 7) is 0. The summed E-state index contributed by atoms with van der Waals surface area (Å²) in [7, 11) is 1.56. The van der Waals surface area contributed by atoms with E-state index in [-0.39, 0.29) is 16.5 Å². The van der Waals surface area contributed by atoms with Gasteiger partial charge in [0.15, 0.2) is 5.78 Å². The van der Waals surface area contributed by atoms with Gasteiger partial charge in [-0.2, -0.15) is 0 Å². The fourth-order valence-corrected chi connectivity index (χ4v) is 2.60. The van der Waals surface area contributed by atoms with E-state index in [2.05, 4.69) is 0 Å². The van der Waals surface area contributed by atoms with Crippen molar-refractivity contribution < 1.29 is 18.9 Å². The van der Waals surface area contributed by atoms with Crippen molar-refractivity contribution in [3.05, 3.63) is 87.1 Å². The van der Waals surface area contributed by atoms with Gasteiger partial charge in [0.05, 0.1) is 12.0 Å². The van der Waals surface area contributed by atoms with Gasteiger partial charge in [-0.1, -0.05) is 11.6 Å². The third kappa shape index (κ3) is 4.24. The van der Waals surface area contributed by atoms with Crippen LogP contribution in [-0.2, 0) is 0 Å². The van der Waals surface area contributed by atoms with Crippen molar-refractivity contribution >= 4 is 29.1 Å². The molecule has 0 saturated carbocycles. The fourth-order valence-electron chi connectivity index (χ4n) is 2.41. The van der Waals surface area contributed by atoms with Crippen molar-refractivity contribution in [1.82, 2.24) is 0 Å². The highest BCUT2D eigenvalue weighted by Crippen LogP contribution is 2.31. The van der Waals surface area contributed by atoms with Crippen molar-refractivity contribution in [2.24, 2.45) is 0 Å². The number of nitro groups is 1. The van der Waals surface area contributed by atoms with Crippen molar-refractivity contribution in [2.75, 3.05) is 7.11 Å². The van der Waals surface area contributed by atoms with Gasteiger partial charge in [-0.3, -0.25) is 14.9 Å². The largest absolute Gasteiger partial charge is 0.497 e. The maximum Gasteiger partial charge on any atom is 0.288 e. The molecule has 2 aromatic carbocycles. The topological polar surface area (TPSA) is 82.6 Å². The molecule has 0 spiro atoms. The lowest BCUT2D eigenvalue weighted by atomic mass is 10.1. The fraction of sp³-hybridized carbons (Fsp3) is 0.0500. The molecule has 0 unspecified atom stereocenters. The standard InChI is InChI=1S/C20H14ClNO5/c1-26-15-5-2-13(3-6-15)19(23)10-7-16-8-11-20(27-16)14-4-9-17(21)18(12-14)22(24)25/h2-12H,1H3/b10-7+. The summed E-state index contributed by atoms with van der Waals surface area (Å²) in [5, 5.41) is 11.1. The molecule has 0 bridgehead atoms. The lowest BCUT2D eigenvalue weighted by Gasteiger charge is -2.00. The van der Waals surface area contributed by atoms with E-state index in [1.54, 1.807) is 55.7 Å². The van der Waals surface area contributed by atoms with Gasteiger partial charge < -0.3 is 9.15 Å². The molecule has 0 amide bonds. The molecule has 6 nitrogen and oxygen atoms in total. The van der Waals surface area contributed by atoms with Crippen LogP contribution >= 0.6 is 11.6 Å². The minimum absolute atomic E-state index is 0.0560. The van der Waals surface area contributed by atoms with Gasteiger partial charge in [0, 0.05) is 17.2 Å². The molecule has 27 heavy (non-hydrogen) atoms. The van der Waals surface area contributed by atoms with E-state index in [1.165, 1.54) is 18.2 Å². The number of carbonyl (C=O) groups is 1. The Morgan fingerprint density at radius 3 is 2.56 bits per heavy atom. The maximum atomic E-state index is 12.2. The number of hydrogen-bond donors (Lipinski definition) is 0. The molecule has 3 aromatic rings. The van der Waals surface area contributed by atoms with E-state index in [0.29, 0.717) is 28.4 Å². The van der Waals surface area contributed by atoms with Gasteiger partial charge in [0.1, 0.15) is 22.3 Å². The number of nitrogens with zero attached hydrogens (tertiary/aromatic N) is 1. The zero-order valence-corrected chi connectivity index (χ0v) is 15.0. The molecule has 136 valence electrons. The molecular formula is C20H14ClNO5. The number of ether oxygens (including phenoxy) is 1. The highest BCUT2D eigenvalue weighted by atomic mass is 35.5. The highest BCUT2D eigenvalue weighted by molar-refractivity contribution is 6.32. The van der Waals surface area contributed by atoms with Gasteiger partial charge in [-0.25, -0.2) is 0 Å². The third-order valence-electron chi connectivity index (χ3n) is 3.83. The summed E-state index contributed by atoms with van der Waals surface area (Å²) >= 11 is 5.82. The van der Waals surface area contributed by atoms with Crippen molar-refractivity contribution in [3.8, 4) is 17.1 Å². The number of rotatable bonds is 6. The van der Waals surface area contributed by atoms with Crippen molar-refractivity contribution in [1.29, 1.82) is 0 Å². The van der Waals surface area contributed by atoms with Gasteiger partial charge >= 0.3 is 0 Å². The molecule has 0 aliphatic rings. The SMILES string of the molecule is COc1ccc(C(=O)/C=C/c2ccc(-c3ccc(Cl)c([N+](=O)[O-])c3)o2)cc1. The van der Waals surface area contributed by atoms with E-state index < -0.39 is 4.92 Å². The molecule has 7 heteroatoms. The number of benzene rings is 2. The number of furan rings is 1. The predicted molar refractivity (Wildman–Crippen MR) is 102 cm³/mol. The summed E-state index contributed by atoms with van der Waals surface area (Å²) in [5.41, 5.74) is 0.844. The number of allylic oxidation sites excluding steroid dienone is 1. The van der Waals surface area contributed by atoms with Crippen LogP contribution in [0.3, 0.4) is 0 Å². The quantitative estimate of drug-likeness (QED) is 0.246. The molecule has 0 radical (unpaired) electrons. The number of nitro benzene ring substituents is 1. The van der Waals surface area contributed by atoms with Gasteiger partial charge in [-0.05, 0) is 60.7 Å². The van der Waals surface area contributed by atoms with Crippen LogP contribution in [0.2, 0.25) is 5.02 Å². The summed E-state index contributed by atoms with van der Waals surface area (Å²) in [4.78, 5) is 22.6. The Morgan fingerprint density at radius 1 is 1.15 bits per heavy atom. The average Bonchev–Trinajstić information content (AvgIpc) is 3.15. The van der Waals surface area contributed by atoms with Crippen LogP contribution in [0.25, 0.3) is 17.4 Å². The zero-order valence-electron chi connectivity index (χ0n) is 14.2. The summed E-state index contributed by atoms with van der Waals surface area (Å²) < 4.78 is 10.7.